The van der Waals surface area contributed by atoms with E-state index in [2.05, 4.69) is 10.0 Å². The third-order valence-corrected chi connectivity index (χ3v) is 6.07. The third-order valence-electron chi connectivity index (χ3n) is 4.70. The summed E-state index contributed by atoms with van der Waals surface area (Å²) in [6, 6.07) is 17.5. The van der Waals surface area contributed by atoms with Gasteiger partial charge in [0.05, 0.1) is 23.3 Å². The lowest BCUT2D eigenvalue weighted by atomic mass is 10.1. The zero-order valence-corrected chi connectivity index (χ0v) is 18.1. The molecule has 3 rings (SSSR count). The Morgan fingerprint density at radius 1 is 0.806 bits per heavy atom. The molecule has 0 atom stereocenters. The first-order chi connectivity index (χ1) is 14.7. The average Bonchev–Trinajstić information content (AvgIpc) is 2.76. The fourth-order valence-electron chi connectivity index (χ4n) is 2.89. The van der Waals surface area contributed by atoms with Crippen molar-refractivity contribution in [3.63, 3.8) is 0 Å². The molecule has 3 aromatic carbocycles. The van der Waals surface area contributed by atoms with Crippen molar-refractivity contribution in [3.05, 3.63) is 89.0 Å². The second-order valence-electron chi connectivity index (χ2n) is 6.92. The minimum Gasteiger partial charge on any atom is -0.465 e. The molecule has 0 spiro atoms. The van der Waals surface area contributed by atoms with E-state index in [1.54, 1.807) is 44.2 Å². The van der Waals surface area contributed by atoms with E-state index < -0.39 is 21.9 Å². The van der Waals surface area contributed by atoms with Gasteiger partial charge in [-0.25, -0.2) is 13.2 Å². The number of amides is 1. The Morgan fingerprint density at radius 3 is 2.23 bits per heavy atom. The van der Waals surface area contributed by atoms with Crippen molar-refractivity contribution in [2.45, 2.75) is 18.7 Å². The molecule has 7 nitrogen and oxygen atoms in total. The standard InChI is InChI=1S/C23H22N2O5S/c1-15-7-4-5-10-20(15)25-31(28,29)19-9-6-8-17(13-19)22(26)24-21-14-18(23(27)30-3)12-11-16(21)2/h4-14,25H,1-3H3,(H,24,26). The molecule has 0 saturated carbocycles. The van der Waals surface area contributed by atoms with Gasteiger partial charge in [0, 0.05) is 11.3 Å². The summed E-state index contributed by atoms with van der Waals surface area (Å²) in [5, 5.41) is 2.72. The largest absolute Gasteiger partial charge is 0.465 e. The average molecular weight is 439 g/mol. The lowest BCUT2D eigenvalue weighted by Crippen LogP contribution is -2.17. The van der Waals surface area contributed by atoms with Crippen LogP contribution in [-0.2, 0) is 14.8 Å². The van der Waals surface area contributed by atoms with Crippen LogP contribution in [0.15, 0.2) is 71.6 Å². The number of ether oxygens (including phenoxy) is 1. The molecule has 2 N–H and O–H groups in total. The summed E-state index contributed by atoms with van der Waals surface area (Å²) < 4.78 is 32.8. The number of hydrogen-bond acceptors (Lipinski definition) is 5. The molecule has 0 aliphatic heterocycles. The zero-order chi connectivity index (χ0) is 22.6. The molecule has 0 unspecified atom stereocenters. The summed E-state index contributed by atoms with van der Waals surface area (Å²) in [4.78, 5) is 24.5. The van der Waals surface area contributed by atoms with Crippen LogP contribution in [0.1, 0.15) is 31.8 Å². The second-order valence-corrected chi connectivity index (χ2v) is 8.61. The lowest BCUT2D eigenvalue weighted by Gasteiger charge is -2.12. The number of benzene rings is 3. The minimum absolute atomic E-state index is 0.0385. The molecular weight excluding hydrogens is 416 g/mol. The normalized spacial score (nSPS) is 10.9. The van der Waals surface area contributed by atoms with Crippen LogP contribution in [0.25, 0.3) is 0 Å². The number of sulfonamides is 1. The van der Waals surface area contributed by atoms with E-state index in [0.717, 1.165) is 11.1 Å². The first-order valence-corrected chi connectivity index (χ1v) is 10.9. The summed E-state index contributed by atoms with van der Waals surface area (Å²) in [6.45, 7) is 3.58. The van der Waals surface area contributed by atoms with Crippen LogP contribution in [0, 0.1) is 13.8 Å². The number of rotatable bonds is 6. The Balaban J connectivity index is 1.85. The van der Waals surface area contributed by atoms with Gasteiger partial charge in [-0.1, -0.05) is 30.3 Å². The maximum Gasteiger partial charge on any atom is 0.337 e. The summed E-state index contributed by atoms with van der Waals surface area (Å²) >= 11 is 0. The number of aryl methyl sites for hydroxylation is 2. The van der Waals surface area contributed by atoms with E-state index in [0.29, 0.717) is 16.9 Å². The van der Waals surface area contributed by atoms with Crippen LogP contribution in [-0.4, -0.2) is 27.4 Å². The second kappa shape index (κ2) is 9.01. The Kier molecular flexibility index (Phi) is 6.41. The van der Waals surface area contributed by atoms with Crippen LogP contribution in [0.4, 0.5) is 11.4 Å². The highest BCUT2D eigenvalue weighted by Gasteiger charge is 2.18. The third kappa shape index (κ3) is 5.10. The SMILES string of the molecule is COC(=O)c1ccc(C)c(NC(=O)c2cccc(S(=O)(=O)Nc3ccccc3C)c2)c1. The van der Waals surface area contributed by atoms with Crippen molar-refractivity contribution < 1.29 is 22.7 Å². The molecule has 0 aliphatic rings. The summed E-state index contributed by atoms with van der Waals surface area (Å²) in [5.74, 6) is -1.02. The number of hydrogen-bond donors (Lipinski definition) is 2. The molecular formula is C23H22N2O5S. The topological polar surface area (TPSA) is 102 Å². The van der Waals surface area contributed by atoms with E-state index in [-0.39, 0.29) is 10.5 Å². The molecule has 0 aromatic heterocycles. The zero-order valence-electron chi connectivity index (χ0n) is 17.3. The summed E-state index contributed by atoms with van der Waals surface area (Å²) in [5.41, 5.74) is 2.87. The molecule has 0 aliphatic carbocycles. The maximum atomic E-state index is 12.8. The molecule has 0 fully saturated rings. The van der Waals surface area contributed by atoms with Gasteiger partial charge in [0.1, 0.15) is 0 Å². The fourth-order valence-corrected chi connectivity index (χ4v) is 4.07. The van der Waals surface area contributed by atoms with Gasteiger partial charge in [0.2, 0.25) is 0 Å². The molecule has 31 heavy (non-hydrogen) atoms. The van der Waals surface area contributed by atoms with E-state index >= 15 is 0 Å². The van der Waals surface area contributed by atoms with Gasteiger partial charge in [-0.15, -0.1) is 0 Å². The highest BCUT2D eigenvalue weighted by molar-refractivity contribution is 7.92. The molecule has 0 heterocycles. The predicted molar refractivity (Wildman–Crippen MR) is 119 cm³/mol. The smallest absolute Gasteiger partial charge is 0.337 e. The number of esters is 1. The Hall–Kier alpha value is -3.65. The number of para-hydroxylation sites is 1. The van der Waals surface area contributed by atoms with Gasteiger partial charge in [-0.3, -0.25) is 9.52 Å². The van der Waals surface area contributed by atoms with Gasteiger partial charge in [-0.05, 0) is 61.4 Å². The van der Waals surface area contributed by atoms with Crippen LogP contribution >= 0.6 is 0 Å². The molecule has 3 aromatic rings. The molecule has 1 amide bonds. The van der Waals surface area contributed by atoms with Crippen molar-refractivity contribution in [2.75, 3.05) is 17.1 Å². The first kappa shape index (κ1) is 22.0. The number of carbonyl (C=O) groups is 2. The van der Waals surface area contributed by atoms with Crippen molar-refractivity contribution in [1.29, 1.82) is 0 Å². The van der Waals surface area contributed by atoms with Crippen molar-refractivity contribution in [3.8, 4) is 0 Å². The number of nitrogens with one attached hydrogen (secondary N) is 2. The number of carbonyl (C=O) groups excluding carboxylic acids is 2. The fraction of sp³-hybridized carbons (Fsp3) is 0.130. The number of anilines is 2. The Labute approximate surface area is 181 Å². The van der Waals surface area contributed by atoms with Gasteiger partial charge in [0.25, 0.3) is 15.9 Å². The van der Waals surface area contributed by atoms with Gasteiger partial charge in [-0.2, -0.15) is 0 Å². The van der Waals surface area contributed by atoms with E-state index in [9.17, 15) is 18.0 Å². The van der Waals surface area contributed by atoms with E-state index in [1.807, 2.05) is 6.07 Å². The highest BCUT2D eigenvalue weighted by Crippen LogP contribution is 2.22. The van der Waals surface area contributed by atoms with Crippen LogP contribution < -0.4 is 10.0 Å². The van der Waals surface area contributed by atoms with E-state index in [1.165, 1.54) is 37.4 Å². The van der Waals surface area contributed by atoms with Crippen LogP contribution in [0.2, 0.25) is 0 Å². The van der Waals surface area contributed by atoms with Crippen molar-refractivity contribution in [1.82, 2.24) is 0 Å². The summed E-state index contributed by atoms with van der Waals surface area (Å²) in [7, 11) is -2.61. The molecule has 0 bridgehead atoms. The molecule has 0 radical (unpaired) electrons. The minimum atomic E-state index is -3.89. The Morgan fingerprint density at radius 2 is 1.52 bits per heavy atom. The lowest BCUT2D eigenvalue weighted by molar-refractivity contribution is 0.0600. The summed E-state index contributed by atoms with van der Waals surface area (Å²) in [6.07, 6.45) is 0. The quantitative estimate of drug-likeness (QED) is 0.563. The van der Waals surface area contributed by atoms with Gasteiger partial charge in [0.15, 0.2) is 0 Å². The molecule has 0 saturated heterocycles. The molecule has 8 heteroatoms. The van der Waals surface area contributed by atoms with Crippen LogP contribution in [0.5, 0.6) is 0 Å². The van der Waals surface area contributed by atoms with Crippen molar-refractivity contribution >= 4 is 33.3 Å². The Bertz CT molecular complexity index is 1250. The van der Waals surface area contributed by atoms with Gasteiger partial charge < -0.3 is 10.1 Å². The van der Waals surface area contributed by atoms with Gasteiger partial charge >= 0.3 is 5.97 Å². The van der Waals surface area contributed by atoms with E-state index in [4.69, 9.17) is 4.74 Å². The van der Waals surface area contributed by atoms with Crippen molar-refractivity contribution in [2.24, 2.45) is 0 Å². The first-order valence-electron chi connectivity index (χ1n) is 9.40. The monoisotopic (exact) mass is 438 g/mol. The highest BCUT2D eigenvalue weighted by atomic mass is 32.2. The predicted octanol–water partition coefficient (Wildman–Crippen LogP) is 4.14. The maximum absolute atomic E-state index is 12.8. The molecule has 160 valence electrons. The van der Waals surface area contributed by atoms with Crippen LogP contribution in [0.3, 0.4) is 0 Å². The number of methoxy groups -OCH3 is 1.